The zero-order chi connectivity index (χ0) is 12.3. The first-order valence-corrected chi connectivity index (χ1v) is 6.50. The van der Waals surface area contributed by atoms with E-state index in [4.69, 9.17) is 9.47 Å². The van der Waals surface area contributed by atoms with E-state index in [0.717, 1.165) is 25.7 Å². The number of ether oxygens (including phenoxy) is 2. The van der Waals surface area contributed by atoms with Crippen LogP contribution in [0.3, 0.4) is 0 Å². The molecular weight excluding hydrogens is 218 g/mol. The SMILES string of the molecule is CC(O)C1CCCCC1(C#N)CC1OCCO1. The van der Waals surface area contributed by atoms with E-state index < -0.39 is 11.5 Å². The molecule has 2 rings (SSSR count). The molecule has 0 radical (unpaired) electrons. The summed E-state index contributed by atoms with van der Waals surface area (Å²) in [6.07, 6.45) is 3.85. The lowest BCUT2D eigenvalue weighted by molar-refractivity contribution is -0.0902. The molecule has 1 N–H and O–H groups in total. The lowest BCUT2D eigenvalue weighted by Crippen LogP contribution is -2.41. The number of aliphatic hydroxyl groups excluding tert-OH is 1. The number of hydrogen-bond donors (Lipinski definition) is 1. The van der Waals surface area contributed by atoms with E-state index in [1.54, 1.807) is 6.92 Å². The average molecular weight is 239 g/mol. The molecule has 2 aliphatic rings. The highest BCUT2D eigenvalue weighted by Gasteiger charge is 2.45. The van der Waals surface area contributed by atoms with E-state index in [1.807, 2.05) is 0 Å². The second-order valence-electron chi connectivity index (χ2n) is 5.24. The molecule has 0 spiro atoms. The predicted molar refractivity (Wildman–Crippen MR) is 62.0 cm³/mol. The van der Waals surface area contributed by atoms with Gasteiger partial charge in [0, 0.05) is 12.3 Å². The van der Waals surface area contributed by atoms with Crippen molar-refractivity contribution < 1.29 is 14.6 Å². The van der Waals surface area contributed by atoms with Crippen molar-refractivity contribution >= 4 is 0 Å². The molecule has 0 bridgehead atoms. The fourth-order valence-electron chi connectivity index (χ4n) is 3.23. The third-order valence-electron chi connectivity index (χ3n) is 4.12. The third-order valence-corrected chi connectivity index (χ3v) is 4.12. The van der Waals surface area contributed by atoms with Crippen molar-refractivity contribution in [2.45, 2.75) is 51.4 Å². The van der Waals surface area contributed by atoms with Gasteiger partial charge in [-0.1, -0.05) is 12.8 Å². The van der Waals surface area contributed by atoms with Gasteiger partial charge < -0.3 is 14.6 Å². The monoisotopic (exact) mass is 239 g/mol. The molecule has 2 fully saturated rings. The Balaban J connectivity index is 2.11. The fraction of sp³-hybridized carbons (Fsp3) is 0.923. The van der Waals surface area contributed by atoms with E-state index in [-0.39, 0.29) is 12.2 Å². The van der Waals surface area contributed by atoms with Crippen LogP contribution < -0.4 is 0 Å². The number of aliphatic hydroxyl groups is 1. The minimum Gasteiger partial charge on any atom is -0.393 e. The van der Waals surface area contributed by atoms with E-state index in [1.165, 1.54) is 0 Å². The Kier molecular flexibility index (Phi) is 4.03. The van der Waals surface area contributed by atoms with Crippen molar-refractivity contribution in [1.29, 1.82) is 5.26 Å². The van der Waals surface area contributed by atoms with Gasteiger partial charge >= 0.3 is 0 Å². The van der Waals surface area contributed by atoms with Crippen LogP contribution in [0, 0.1) is 22.7 Å². The molecule has 3 atom stereocenters. The quantitative estimate of drug-likeness (QED) is 0.816. The van der Waals surface area contributed by atoms with Gasteiger partial charge in [0.15, 0.2) is 6.29 Å². The molecule has 96 valence electrons. The number of nitriles is 1. The highest BCUT2D eigenvalue weighted by atomic mass is 16.7. The zero-order valence-electron chi connectivity index (χ0n) is 10.4. The molecule has 0 amide bonds. The van der Waals surface area contributed by atoms with Crippen molar-refractivity contribution in [3.05, 3.63) is 0 Å². The highest BCUT2D eigenvalue weighted by molar-refractivity contribution is 5.06. The van der Waals surface area contributed by atoms with Gasteiger partial charge in [-0.3, -0.25) is 0 Å². The summed E-state index contributed by atoms with van der Waals surface area (Å²) in [5.41, 5.74) is -0.471. The largest absolute Gasteiger partial charge is 0.393 e. The molecule has 4 heteroatoms. The standard InChI is InChI=1S/C13H21NO3/c1-10(15)11-4-2-3-5-13(11,9-14)8-12-16-6-7-17-12/h10-12,15H,2-8H2,1H3. The smallest absolute Gasteiger partial charge is 0.159 e. The summed E-state index contributed by atoms with van der Waals surface area (Å²) in [5.74, 6) is 0.0500. The second kappa shape index (κ2) is 5.34. The van der Waals surface area contributed by atoms with Crippen LogP contribution in [0.25, 0.3) is 0 Å². The van der Waals surface area contributed by atoms with Crippen molar-refractivity contribution in [3.8, 4) is 6.07 Å². The third kappa shape index (κ3) is 2.62. The maximum absolute atomic E-state index is 9.89. The van der Waals surface area contributed by atoms with Crippen LogP contribution in [-0.2, 0) is 9.47 Å². The lowest BCUT2D eigenvalue weighted by Gasteiger charge is -2.41. The summed E-state index contributed by atoms with van der Waals surface area (Å²) in [5, 5.41) is 19.4. The van der Waals surface area contributed by atoms with Crippen molar-refractivity contribution in [3.63, 3.8) is 0 Å². The molecule has 0 aromatic carbocycles. The van der Waals surface area contributed by atoms with E-state index in [0.29, 0.717) is 19.6 Å². The molecule has 17 heavy (non-hydrogen) atoms. The molecule has 3 unspecified atom stereocenters. The molecule has 0 aromatic rings. The Morgan fingerprint density at radius 3 is 2.71 bits per heavy atom. The van der Waals surface area contributed by atoms with E-state index in [2.05, 4.69) is 6.07 Å². The topological polar surface area (TPSA) is 62.5 Å². The van der Waals surface area contributed by atoms with Gasteiger partial charge in [-0.2, -0.15) is 5.26 Å². The first kappa shape index (κ1) is 12.8. The highest BCUT2D eigenvalue weighted by Crippen LogP contribution is 2.46. The number of nitrogens with zero attached hydrogens (tertiary/aromatic N) is 1. The Morgan fingerprint density at radius 1 is 1.41 bits per heavy atom. The number of rotatable bonds is 3. The molecule has 1 saturated carbocycles. The van der Waals surface area contributed by atoms with E-state index >= 15 is 0 Å². The zero-order valence-corrected chi connectivity index (χ0v) is 10.4. The summed E-state index contributed by atoms with van der Waals surface area (Å²) in [7, 11) is 0. The maximum Gasteiger partial charge on any atom is 0.159 e. The Hall–Kier alpha value is -0.630. The molecular formula is C13H21NO3. The van der Waals surface area contributed by atoms with Gasteiger partial charge in [0.1, 0.15) is 0 Å². The minimum absolute atomic E-state index is 0.0500. The van der Waals surface area contributed by atoms with Crippen LogP contribution in [0.4, 0.5) is 0 Å². The van der Waals surface area contributed by atoms with Crippen molar-refractivity contribution in [2.24, 2.45) is 11.3 Å². The Morgan fingerprint density at radius 2 is 2.12 bits per heavy atom. The van der Waals surface area contributed by atoms with Crippen LogP contribution in [0.2, 0.25) is 0 Å². The van der Waals surface area contributed by atoms with Gasteiger partial charge in [0.05, 0.1) is 30.8 Å². The summed E-state index contributed by atoms with van der Waals surface area (Å²) in [4.78, 5) is 0. The Bertz CT molecular complexity index is 294. The predicted octanol–water partition coefficient (Wildman–Crippen LogP) is 1.83. The summed E-state index contributed by atoms with van der Waals surface area (Å²) < 4.78 is 10.9. The van der Waals surface area contributed by atoms with Crippen LogP contribution in [0.5, 0.6) is 0 Å². The first-order chi connectivity index (χ1) is 8.18. The molecule has 4 nitrogen and oxygen atoms in total. The summed E-state index contributed by atoms with van der Waals surface area (Å²) in [6, 6.07) is 2.46. The number of hydrogen-bond acceptors (Lipinski definition) is 4. The first-order valence-electron chi connectivity index (χ1n) is 6.50. The summed E-state index contributed by atoms with van der Waals surface area (Å²) >= 11 is 0. The normalized spacial score (nSPS) is 36.6. The summed E-state index contributed by atoms with van der Waals surface area (Å²) in [6.45, 7) is 3.02. The van der Waals surface area contributed by atoms with Crippen molar-refractivity contribution in [1.82, 2.24) is 0 Å². The van der Waals surface area contributed by atoms with Crippen LogP contribution in [-0.4, -0.2) is 30.7 Å². The van der Waals surface area contributed by atoms with Gasteiger partial charge in [-0.25, -0.2) is 0 Å². The van der Waals surface area contributed by atoms with Gasteiger partial charge in [-0.15, -0.1) is 0 Å². The molecule has 1 saturated heterocycles. The van der Waals surface area contributed by atoms with Crippen molar-refractivity contribution in [2.75, 3.05) is 13.2 Å². The van der Waals surface area contributed by atoms with E-state index in [9.17, 15) is 10.4 Å². The fourth-order valence-corrected chi connectivity index (χ4v) is 3.23. The average Bonchev–Trinajstić information content (AvgIpc) is 2.82. The molecule has 0 aromatic heterocycles. The van der Waals surface area contributed by atoms with Gasteiger partial charge in [0.2, 0.25) is 0 Å². The van der Waals surface area contributed by atoms with Gasteiger partial charge in [0.25, 0.3) is 0 Å². The maximum atomic E-state index is 9.89. The molecule has 1 heterocycles. The minimum atomic E-state index is -0.471. The lowest BCUT2D eigenvalue weighted by atomic mass is 9.63. The molecule has 1 aliphatic heterocycles. The Labute approximate surface area is 103 Å². The van der Waals surface area contributed by atoms with Crippen LogP contribution in [0.15, 0.2) is 0 Å². The molecule has 1 aliphatic carbocycles. The van der Waals surface area contributed by atoms with Crippen LogP contribution in [0.1, 0.15) is 39.0 Å². The van der Waals surface area contributed by atoms with Crippen LogP contribution >= 0.6 is 0 Å². The van der Waals surface area contributed by atoms with Gasteiger partial charge in [-0.05, 0) is 19.8 Å². The second-order valence-corrected chi connectivity index (χ2v) is 5.24.